The van der Waals surface area contributed by atoms with Gasteiger partial charge in [-0.2, -0.15) is 0 Å². The second kappa shape index (κ2) is 14.6. The predicted octanol–water partition coefficient (Wildman–Crippen LogP) is 0.549. The summed E-state index contributed by atoms with van der Waals surface area (Å²) in [6.45, 7) is 11.6. The van der Waals surface area contributed by atoms with Crippen molar-refractivity contribution in [2.75, 3.05) is 19.8 Å². The standard InChI is InChI=1S/C41H66O14/c1-37(2)13-20-19(22(45)14-37)9-11-40(5)21(20)7-8-27-38(3)15-23(46)34(39(4,18-44)26(38)10-12-41(27,40)6)55-36-33(31(50)29(48)25(17-43)53-36)54-35-32(51)30(49)28(47)24(16-42)52-35/h7,19-20,23-36,42-44,46-51H,8-18H2,1-6H3/t19-,20-,23+,24-,25-,26-,27-,28-,29-,30+,31+,32-,33-,34+,35+,36+,38+,39+,40-,41-/m1/s1. The topological polar surface area (TPSA) is 236 Å². The molecule has 0 amide bonds. The van der Waals surface area contributed by atoms with E-state index in [1.165, 1.54) is 5.57 Å². The maximum absolute atomic E-state index is 13.4. The van der Waals surface area contributed by atoms with Crippen LogP contribution in [0.3, 0.4) is 0 Å². The lowest BCUT2D eigenvalue weighted by molar-refractivity contribution is -0.384. The van der Waals surface area contributed by atoms with Crippen molar-refractivity contribution in [2.45, 2.75) is 167 Å². The first-order valence-electron chi connectivity index (χ1n) is 20.5. The van der Waals surface area contributed by atoms with E-state index in [4.69, 9.17) is 18.9 Å². The number of aliphatic hydroxyl groups is 9. The maximum Gasteiger partial charge on any atom is 0.187 e. The minimum atomic E-state index is -1.83. The number of ether oxygens (including phenoxy) is 4. The molecular formula is C41H66O14. The number of rotatable bonds is 7. The van der Waals surface area contributed by atoms with Gasteiger partial charge in [-0.05, 0) is 84.4 Å². The Morgan fingerprint density at radius 3 is 2.00 bits per heavy atom. The SMILES string of the molecule is CC1(C)CC(=O)[C@@H]2CC[C@]3(C)C(=CC[C@@H]4[C@@]5(C)C[C@H](O)[C@H](O[C@@H]6O[C@H](CO)[C@@H](O)[C@H](O)[C@H]6O[C@@H]6O[C@H](CO)[C@@H](O)[C@H](O)[C@H]6O)[C@@](C)(CO)[C@@H]5CC[C@]43C)[C@@H]2C1. The number of fused-ring (bicyclic) bond motifs is 7. The summed E-state index contributed by atoms with van der Waals surface area (Å²) in [6, 6.07) is 0. The molecule has 20 atom stereocenters. The van der Waals surface area contributed by atoms with Gasteiger partial charge in [0.2, 0.25) is 0 Å². The van der Waals surface area contributed by atoms with Crippen molar-refractivity contribution in [1.29, 1.82) is 0 Å². The summed E-state index contributed by atoms with van der Waals surface area (Å²) in [6.07, 6.45) is -9.78. The number of carbonyl (C=O) groups excluding carboxylic acids is 1. The van der Waals surface area contributed by atoms with Gasteiger partial charge in [0.1, 0.15) is 54.6 Å². The van der Waals surface area contributed by atoms with Crippen LogP contribution in [-0.4, -0.2) is 145 Å². The molecule has 0 aromatic heterocycles. The summed E-state index contributed by atoms with van der Waals surface area (Å²) in [5, 5.41) is 96.8. The Morgan fingerprint density at radius 2 is 1.36 bits per heavy atom. The van der Waals surface area contributed by atoms with Crippen molar-refractivity contribution in [3.63, 3.8) is 0 Å². The molecule has 0 bridgehead atoms. The molecule has 0 unspecified atom stereocenters. The monoisotopic (exact) mass is 782 g/mol. The van der Waals surface area contributed by atoms with Crippen molar-refractivity contribution in [1.82, 2.24) is 0 Å². The van der Waals surface area contributed by atoms with Crippen molar-refractivity contribution < 1.29 is 69.7 Å². The van der Waals surface area contributed by atoms with E-state index in [1.54, 1.807) is 0 Å². The Morgan fingerprint density at radius 1 is 0.727 bits per heavy atom. The fourth-order valence-electron chi connectivity index (χ4n) is 13.5. The zero-order valence-corrected chi connectivity index (χ0v) is 33.2. The number of ketones is 1. The average Bonchev–Trinajstić information content (AvgIpc) is 3.12. The third kappa shape index (κ3) is 6.35. The van der Waals surface area contributed by atoms with Crippen LogP contribution >= 0.6 is 0 Å². The van der Waals surface area contributed by atoms with Gasteiger partial charge in [0.25, 0.3) is 0 Å². The van der Waals surface area contributed by atoms with E-state index in [0.29, 0.717) is 18.6 Å². The average molecular weight is 783 g/mol. The van der Waals surface area contributed by atoms with E-state index < -0.39 is 97.7 Å². The van der Waals surface area contributed by atoms with Gasteiger partial charge in [-0.3, -0.25) is 4.79 Å². The molecule has 7 aliphatic rings. The lowest BCUT2D eigenvalue weighted by atomic mass is 9.34. The number of hydrogen-bond donors (Lipinski definition) is 9. The van der Waals surface area contributed by atoms with Gasteiger partial charge in [0.05, 0.1) is 32.0 Å². The maximum atomic E-state index is 13.4. The number of carbonyl (C=O) groups is 1. The van der Waals surface area contributed by atoms with E-state index in [2.05, 4.69) is 40.7 Å². The van der Waals surface area contributed by atoms with Crippen LogP contribution in [0.2, 0.25) is 0 Å². The molecule has 0 aromatic rings. The van der Waals surface area contributed by atoms with Gasteiger partial charge in [0.15, 0.2) is 12.6 Å². The molecule has 314 valence electrons. The van der Waals surface area contributed by atoms with Crippen LogP contribution in [0.4, 0.5) is 0 Å². The molecule has 4 saturated carbocycles. The lowest BCUT2D eigenvalue weighted by Gasteiger charge is -2.71. The summed E-state index contributed by atoms with van der Waals surface area (Å²) in [7, 11) is 0. The van der Waals surface area contributed by atoms with Crippen molar-refractivity contribution >= 4 is 5.78 Å². The first-order chi connectivity index (χ1) is 25.7. The summed E-state index contributed by atoms with van der Waals surface area (Å²) < 4.78 is 24.0. The smallest absolute Gasteiger partial charge is 0.187 e. The number of hydrogen-bond acceptors (Lipinski definition) is 14. The predicted molar refractivity (Wildman–Crippen MR) is 195 cm³/mol. The Bertz CT molecular complexity index is 1470. The van der Waals surface area contributed by atoms with E-state index >= 15 is 0 Å². The minimum Gasteiger partial charge on any atom is -0.396 e. The first kappa shape index (κ1) is 42.0. The molecule has 7 rings (SSSR count). The molecule has 55 heavy (non-hydrogen) atoms. The largest absolute Gasteiger partial charge is 0.396 e. The molecule has 9 N–H and O–H groups in total. The van der Waals surface area contributed by atoms with Crippen LogP contribution < -0.4 is 0 Å². The van der Waals surface area contributed by atoms with E-state index in [0.717, 1.165) is 38.5 Å². The van der Waals surface area contributed by atoms with Crippen LogP contribution in [0.25, 0.3) is 0 Å². The quantitative estimate of drug-likeness (QED) is 0.127. The summed E-state index contributed by atoms with van der Waals surface area (Å²) in [5.41, 5.74) is -0.344. The molecule has 0 spiro atoms. The highest BCUT2D eigenvalue weighted by atomic mass is 16.8. The van der Waals surface area contributed by atoms with Crippen molar-refractivity contribution in [3.05, 3.63) is 11.6 Å². The highest BCUT2D eigenvalue weighted by Gasteiger charge is 2.70. The van der Waals surface area contributed by atoms with Gasteiger partial charge in [0, 0.05) is 17.8 Å². The molecule has 6 fully saturated rings. The zero-order chi connectivity index (χ0) is 40.2. The Labute approximate surface area is 323 Å². The number of aliphatic hydroxyl groups excluding tert-OH is 9. The van der Waals surface area contributed by atoms with Crippen LogP contribution in [0.5, 0.6) is 0 Å². The molecule has 14 nitrogen and oxygen atoms in total. The lowest BCUT2D eigenvalue weighted by Crippen LogP contribution is -2.69. The second-order valence-electron chi connectivity index (χ2n) is 20.1. The molecular weight excluding hydrogens is 716 g/mol. The molecule has 14 heteroatoms. The third-order valence-corrected chi connectivity index (χ3v) is 16.5. The first-order valence-corrected chi connectivity index (χ1v) is 20.5. The fraction of sp³-hybridized carbons (Fsp3) is 0.927. The Hall–Kier alpha value is -1.11. The molecule has 0 radical (unpaired) electrons. The summed E-state index contributed by atoms with van der Waals surface area (Å²) in [5.74, 6) is 0.733. The summed E-state index contributed by atoms with van der Waals surface area (Å²) in [4.78, 5) is 13.4. The summed E-state index contributed by atoms with van der Waals surface area (Å²) >= 11 is 0. The Balaban J connectivity index is 1.18. The molecule has 2 aliphatic heterocycles. The van der Waals surface area contributed by atoms with Gasteiger partial charge >= 0.3 is 0 Å². The number of Topliss-reactive ketones (excluding diaryl/α,β-unsaturated/α-hetero) is 1. The van der Waals surface area contributed by atoms with Crippen LogP contribution in [0, 0.1) is 50.7 Å². The second-order valence-corrected chi connectivity index (χ2v) is 20.1. The van der Waals surface area contributed by atoms with Crippen molar-refractivity contribution in [2.24, 2.45) is 50.7 Å². The molecule has 2 heterocycles. The van der Waals surface area contributed by atoms with Gasteiger partial charge < -0.3 is 64.9 Å². The zero-order valence-electron chi connectivity index (χ0n) is 33.2. The van der Waals surface area contributed by atoms with Crippen LogP contribution in [0.15, 0.2) is 11.6 Å². The molecule has 2 saturated heterocycles. The highest BCUT2D eigenvalue weighted by Crippen LogP contribution is 2.74. The minimum absolute atomic E-state index is 0.0452. The van der Waals surface area contributed by atoms with E-state index in [1.807, 2.05) is 6.92 Å². The van der Waals surface area contributed by atoms with Gasteiger partial charge in [-0.15, -0.1) is 0 Å². The Kier molecular flexibility index (Phi) is 11.1. The third-order valence-electron chi connectivity index (χ3n) is 16.5. The van der Waals surface area contributed by atoms with Crippen LogP contribution in [0.1, 0.15) is 92.9 Å². The molecule has 0 aromatic carbocycles. The highest BCUT2D eigenvalue weighted by molar-refractivity contribution is 5.83. The van der Waals surface area contributed by atoms with Gasteiger partial charge in [-0.1, -0.05) is 53.2 Å². The molecule has 5 aliphatic carbocycles. The van der Waals surface area contributed by atoms with E-state index in [9.17, 15) is 50.8 Å². The number of allylic oxidation sites excluding steroid dienone is 2. The van der Waals surface area contributed by atoms with Crippen molar-refractivity contribution in [3.8, 4) is 0 Å². The van der Waals surface area contributed by atoms with Crippen LogP contribution in [-0.2, 0) is 23.7 Å². The fourth-order valence-corrected chi connectivity index (χ4v) is 13.5. The van der Waals surface area contributed by atoms with Gasteiger partial charge in [-0.25, -0.2) is 0 Å². The van der Waals surface area contributed by atoms with E-state index in [-0.39, 0.29) is 46.5 Å². The normalized spacial score (nSPS) is 55.0.